The molecule has 0 amide bonds. The van der Waals surface area contributed by atoms with Crippen LogP contribution in [0.3, 0.4) is 0 Å². The van der Waals surface area contributed by atoms with Gasteiger partial charge in [0.15, 0.2) is 0 Å². The van der Waals surface area contributed by atoms with Gasteiger partial charge in [0.2, 0.25) is 0 Å². The van der Waals surface area contributed by atoms with Crippen LogP contribution in [0.1, 0.15) is 12.6 Å². The fourth-order valence-electron chi connectivity index (χ4n) is 0.829. The molecule has 0 unspecified atom stereocenters. The molecule has 0 aliphatic rings. The first-order valence-corrected chi connectivity index (χ1v) is 4.70. The fraction of sp³-hybridized carbons (Fsp3) is 0.222. The number of aromatic amines is 1. The molecule has 70 valence electrons. The Bertz CT molecular complexity index is 317. The van der Waals surface area contributed by atoms with Crippen LogP contribution in [0.5, 0.6) is 0 Å². The van der Waals surface area contributed by atoms with Gasteiger partial charge in [-0.05, 0) is 35.0 Å². The van der Waals surface area contributed by atoms with Crippen LogP contribution in [0.25, 0.3) is 6.08 Å². The molecule has 3 nitrogen and oxygen atoms in total. The third kappa shape index (κ3) is 3.46. The van der Waals surface area contributed by atoms with Gasteiger partial charge in [0, 0.05) is 22.4 Å². The zero-order valence-corrected chi connectivity index (χ0v) is 8.80. The number of rotatable bonds is 3. The molecule has 0 saturated carbocycles. The van der Waals surface area contributed by atoms with E-state index in [0.29, 0.717) is 6.61 Å². The van der Waals surface area contributed by atoms with Gasteiger partial charge >= 0.3 is 5.97 Å². The van der Waals surface area contributed by atoms with Crippen LogP contribution >= 0.6 is 15.9 Å². The van der Waals surface area contributed by atoms with Crippen molar-refractivity contribution in [2.24, 2.45) is 0 Å². The largest absolute Gasteiger partial charge is 0.463 e. The molecule has 1 heterocycles. The van der Waals surface area contributed by atoms with Crippen LogP contribution in [0.2, 0.25) is 0 Å². The van der Waals surface area contributed by atoms with Crippen molar-refractivity contribution < 1.29 is 9.53 Å². The molecule has 0 bridgehead atoms. The van der Waals surface area contributed by atoms with Gasteiger partial charge in [0.05, 0.1) is 6.61 Å². The number of esters is 1. The van der Waals surface area contributed by atoms with Crippen molar-refractivity contribution in [3.05, 3.63) is 28.5 Å². The normalized spacial score (nSPS) is 10.6. The van der Waals surface area contributed by atoms with Gasteiger partial charge in [-0.25, -0.2) is 4.79 Å². The summed E-state index contributed by atoms with van der Waals surface area (Å²) >= 11 is 3.29. The van der Waals surface area contributed by atoms with Crippen molar-refractivity contribution in [3.63, 3.8) is 0 Å². The first-order valence-electron chi connectivity index (χ1n) is 3.91. The van der Waals surface area contributed by atoms with E-state index in [2.05, 4.69) is 20.9 Å². The summed E-state index contributed by atoms with van der Waals surface area (Å²) in [6.45, 7) is 2.18. The maximum Gasteiger partial charge on any atom is 0.330 e. The minimum atomic E-state index is -0.326. The Labute approximate surface area is 84.9 Å². The van der Waals surface area contributed by atoms with Crippen molar-refractivity contribution in [1.29, 1.82) is 0 Å². The van der Waals surface area contributed by atoms with E-state index >= 15 is 0 Å². The molecule has 0 atom stereocenters. The van der Waals surface area contributed by atoms with E-state index in [0.717, 1.165) is 10.2 Å². The number of nitrogens with one attached hydrogen (secondary N) is 1. The highest BCUT2D eigenvalue weighted by atomic mass is 79.9. The third-order valence-corrected chi connectivity index (χ3v) is 1.81. The smallest absolute Gasteiger partial charge is 0.330 e. The maximum absolute atomic E-state index is 10.9. The number of carbonyl (C=O) groups excluding carboxylic acids is 1. The Kier molecular flexibility index (Phi) is 3.76. The Hall–Kier alpha value is -1.03. The molecule has 0 aliphatic heterocycles. The summed E-state index contributed by atoms with van der Waals surface area (Å²) in [5, 5.41) is 0. The predicted molar refractivity (Wildman–Crippen MR) is 54.2 cm³/mol. The maximum atomic E-state index is 10.9. The van der Waals surface area contributed by atoms with Crippen molar-refractivity contribution in [3.8, 4) is 0 Å². The summed E-state index contributed by atoms with van der Waals surface area (Å²) in [7, 11) is 0. The molecular formula is C9H10BrNO2. The molecule has 13 heavy (non-hydrogen) atoms. The van der Waals surface area contributed by atoms with Gasteiger partial charge < -0.3 is 9.72 Å². The quantitative estimate of drug-likeness (QED) is 0.655. The molecular weight excluding hydrogens is 234 g/mol. The topological polar surface area (TPSA) is 42.1 Å². The van der Waals surface area contributed by atoms with Crippen LogP contribution in [0.4, 0.5) is 0 Å². The summed E-state index contributed by atoms with van der Waals surface area (Å²) in [6.07, 6.45) is 4.86. The minimum absolute atomic E-state index is 0.326. The lowest BCUT2D eigenvalue weighted by molar-refractivity contribution is -0.137. The van der Waals surface area contributed by atoms with Gasteiger partial charge in [-0.2, -0.15) is 0 Å². The first kappa shape index (κ1) is 10.1. The molecule has 0 fully saturated rings. The number of hydrogen-bond acceptors (Lipinski definition) is 2. The highest BCUT2D eigenvalue weighted by molar-refractivity contribution is 9.10. The molecule has 1 rings (SSSR count). The first-order chi connectivity index (χ1) is 6.22. The Balaban J connectivity index is 2.53. The Morgan fingerprint density at radius 3 is 3.08 bits per heavy atom. The van der Waals surface area contributed by atoms with E-state index in [1.807, 2.05) is 6.07 Å². The number of aromatic nitrogens is 1. The predicted octanol–water partition coefficient (Wildman–Crippen LogP) is 2.35. The summed E-state index contributed by atoms with van der Waals surface area (Å²) in [5.41, 5.74) is 0.861. The number of ether oxygens (including phenoxy) is 1. The monoisotopic (exact) mass is 243 g/mol. The molecule has 0 saturated heterocycles. The summed E-state index contributed by atoms with van der Waals surface area (Å²) in [4.78, 5) is 13.8. The SMILES string of the molecule is CCOC(=O)/C=C/c1cc(Br)c[nH]1. The van der Waals surface area contributed by atoms with Gasteiger partial charge in [0.1, 0.15) is 0 Å². The summed E-state index contributed by atoms with van der Waals surface area (Å²) in [5.74, 6) is -0.326. The lowest BCUT2D eigenvalue weighted by atomic mass is 10.4. The molecule has 0 spiro atoms. The molecule has 1 aromatic heterocycles. The lowest BCUT2D eigenvalue weighted by Crippen LogP contribution is -1.98. The van der Waals surface area contributed by atoms with Crippen molar-refractivity contribution in [2.75, 3.05) is 6.61 Å². The van der Waals surface area contributed by atoms with E-state index in [-0.39, 0.29) is 5.97 Å². The second-order valence-electron chi connectivity index (χ2n) is 2.36. The van der Waals surface area contributed by atoms with Crippen molar-refractivity contribution in [1.82, 2.24) is 4.98 Å². The van der Waals surface area contributed by atoms with Crippen LogP contribution < -0.4 is 0 Å². The average molecular weight is 244 g/mol. The number of halogens is 1. The average Bonchev–Trinajstić information content (AvgIpc) is 2.49. The fourth-order valence-corrected chi connectivity index (χ4v) is 1.19. The standard InChI is InChI=1S/C9H10BrNO2/c1-2-13-9(12)4-3-8-5-7(10)6-11-8/h3-6,11H,2H2,1H3/b4-3+. The molecule has 0 aromatic carbocycles. The van der Waals surface area contributed by atoms with E-state index in [4.69, 9.17) is 4.74 Å². The second-order valence-corrected chi connectivity index (χ2v) is 3.27. The highest BCUT2D eigenvalue weighted by Gasteiger charge is 1.95. The second kappa shape index (κ2) is 4.87. The van der Waals surface area contributed by atoms with E-state index in [9.17, 15) is 4.79 Å². The van der Waals surface area contributed by atoms with Crippen LogP contribution in [0, 0.1) is 0 Å². The molecule has 0 radical (unpaired) electrons. The van der Waals surface area contributed by atoms with Crippen molar-refractivity contribution >= 4 is 28.0 Å². The van der Waals surface area contributed by atoms with Gasteiger partial charge in [-0.3, -0.25) is 0 Å². The van der Waals surface area contributed by atoms with E-state index < -0.39 is 0 Å². The van der Waals surface area contributed by atoms with Crippen LogP contribution in [-0.4, -0.2) is 17.6 Å². The number of carbonyl (C=O) groups is 1. The molecule has 4 heteroatoms. The lowest BCUT2D eigenvalue weighted by Gasteiger charge is -1.93. The zero-order valence-electron chi connectivity index (χ0n) is 7.21. The summed E-state index contributed by atoms with van der Waals surface area (Å²) in [6, 6.07) is 1.87. The number of H-pyrrole nitrogens is 1. The molecule has 0 aliphatic carbocycles. The minimum Gasteiger partial charge on any atom is -0.463 e. The summed E-state index contributed by atoms with van der Waals surface area (Å²) < 4.78 is 5.67. The van der Waals surface area contributed by atoms with Gasteiger partial charge in [-0.1, -0.05) is 0 Å². The van der Waals surface area contributed by atoms with Gasteiger partial charge in [-0.15, -0.1) is 0 Å². The zero-order chi connectivity index (χ0) is 9.68. The van der Waals surface area contributed by atoms with E-state index in [1.165, 1.54) is 6.08 Å². The third-order valence-electron chi connectivity index (χ3n) is 1.36. The van der Waals surface area contributed by atoms with Crippen LogP contribution in [-0.2, 0) is 9.53 Å². The molecule has 1 aromatic rings. The van der Waals surface area contributed by atoms with Crippen molar-refractivity contribution in [2.45, 2.75) is 6.92 Å². The Morgan fingerprint density at radius 1 is 1.77 bits per heavy atom. The van der Waals surface area contributed by atoms with Crippen LogP contribution in [0.15, 0.2) is 22.8 Å². The van der Waals surface area contributed by atoms with Gasteiger partial charge in [0.25, 0.3) is 0 Å². The molecule has 1 N–H and O–H groups in total. The Morgan fingerprint density at radius 2 is 2.54 bits per heavy atom. The van der Waals surface area contributed by atoms with E-state index in [1.54, 1.807) is 19.2 Å². The highest BCUT2D eigenvalue weighted by Crippen LogP contribution is 2.11. The number of hydrogen-bond donors (Lipinski definition) is 1.